The number of nitrogens with zero attached hydrogens (tertiary/aromatic N) is 5. The highest BCUT2D eigenvalue weighted by atomic mass is 19.1. The van der Waals surface area contributed by atoms with Crippen molar-refractivity contribution in [3.05, 3.63) is 78.1 Å². The molecule has 0 aliphatic heterocycles. The van der Waals surface area contributed by atoms with Gasteiger partial charge < -0.3 is 15.8 Å². The van der Waals surface area contributed by atoms with E-state index in [2.05, 4.69) is 25.8 Å². The fraction of sp³-hybridized carbons (Fsp3) is 0.200. The van der Waals surface area contributed by atoms with E-state index in [1.54, 1.807) is 29.9 Å². The quantitative estimate of drug-likeness (QED) is 0.313. The Balaban J connectivity index is 1.38. The van der Waals surface area contributed by atoms with Crippen LogP contribution < -0.4 is 16.4 Å². The smallest absolute Gasteiger partial charge is 0.411 e. The van der Waals surface area contributed by atoms with Crippen LogP contribution in [0.1, 0.15) is 18.1 Å². The van der Waals surface area contributed by atoms with E-state index in [9.17, 15) is 9.18 Å². The number of ether oxygens (including phenoxy) is 1. The van der Waals surface area contributed by atoms with E-state index in [0.717, 1.165) is 27.7 Å². The minimum Gasteiger partial charge on any atom is -0.448 e. The predicted octanol–water partition coefficient (Wildman–Crippen LogP) is 4.21. The number of carbonyl (C=O) groups excluding carboxylic acids is 1. The Labute approximate surface area is 205 Å². The largest absolute Gasteiger partial charge is 0.448 e. The van der Waals surface area contributed by atoms with Crippen molar-refractivity contribution in [3.8, 4) is 0 Å². The second-order valence-corrected chi connectivity index (χ2v) is 8.60. The summed E-state index contributed by atoms with van der Waals surface area (Å²) in [6.45, 7) is 4.20. The van der Waals surface area contributed by atoms with Gasteiger partial charge in [0.1, 0.15) is 24.3 Å². The van der Waals surface area contributed by atoms with E-state index in [0.29, 0.717) is 23.6 Å². The van der Waals surface area contributed by atoms with Gasteiger partial charge in [-0.05, 0) is 49.7 Å². The molecule has 11 heteroatoms. The maximum absolute atomic E-state index is 13.6. The molecule has 0 saturated heterocycles. The molecule has 3 heterocycles. The lowest BCUT2D eigenvalue weighted by Crippen LogP contribution is -2.26. The molecule has 0 aliphatic carbocycles. The lowest BCUT2D eigenvalue weighted by atomic mass is 10.2. The number of nitrogens with two attached hydrogens (primary N) is 1. The maximum atomic E-state index is 13.6. The zero-order valence-electron chi connectivity index (χ0n) is 19.8. The Morgan fingerprint density at radius 1 is 1.22 bits per heavy atom. The number of anilines is 3. The molecule has 5 rings (SSSR count). The van der Waals surface area contributed by atoms with Crippen molar-refractivity contribution < 1.29 is 13.9 Å². The summed E-state index contributed by atoms with van der Waals surface area (Å²) in [6, 6.07) is 12.1. The third kappa shape index (κ3) is 4.82. The van der Waals surface area contributed by atoms with Gasteiger partial charge in [-0.2, -0.15) is 10.2 Å². The Hall–Kier alpha value is -4.51. The van der Waals surface area contributed by atoms with Gasteiger partial charge in [-0.25, -0.2) is 18.7 Å². The maximum Gasteiger partial charge on any atom is 0.411 e. The standard InChI is InChI=1S/C25H25FN8O2/c1-15(27)13-36-25(35)32-21-12-34-23(16(21)2)24(28-14-30-34)31-20-6-7-22-18(9-20)10-29-33(22)11-17-4-3-5-19(26)8-17/h3-10,12,14-15H,11,13,27H2,1-2H3,(H,32,35)(H,28,30,31)/t15-/m1/s1. The average molecular weight is 489 g/mol. The second-order valence-electron chi connectivity index (χ2n) is 8.60. The fourth-order valence-corrected chi connectivity index (χ4v) is 3.97. The number of benzene rings is 2. The highest BCUT2D eigenvalue weighted by Crippen LogP contribution is 2.29. The molecular weight excluding hydrogens is 463 g/mol. The third-order valence-electron chi connectivity index (χ3n) is 5.67. The number of nitrogens with one attached hydrogen (secondary N) is 2. The monoisotopic (exact) mass is 488 g/mol. The Morgan fingerprint density at radius 3 is 2.89 bits per heavy atom. The SMILES string of the molecule is Cc1c(NC(=O)OC[C@@H](C)N)cn2ncnc(Nc3ccc4c(cnn4Cc4cccc(F)c4)c3)c12. The van der Waals surface area contributed by atoms with Crippen LogP contribution in [0.5, 0.6) is 0 Å². The van der Waals surface area contributed by atoms with Crippen LogP contribution in [0.25, 0.3) is 16.4 Å². The van der Waals surface area contributed by atoms with Crippen molar-refractivity contribution in [2.24, 2.45) is 5.73 Å². The van der Waals surface area contributed by atoms with Crippen molar-refractivity contribution in [2.75, 3.05) is 17.2 Å². The summed E-state index contributed by atoms with van der Waals surface area (Å²) >= 11 is 0. The first kappa shape index (κ1) is 23.2. The number of amides is 1. The van der Waals surface area contributed by atoms with E-state index in [-0.39, 0.29) is 18.5 Å². The van der Waals surface area contributed by atoms with E-state index in [1.807, 2.05) is 35.9 Å². The summed E-state index contributed by atoms with van der Waals surface area (Å²) in [4.78, 5) is 16.5. The number of fused-ring (bicyclic) bond motifs is 2. The summed E-state index contributed by atoms with van der Waals surface area (Å²) < 4.78 is 22.1. The fourth-order valence-electron chi connectivity index (χ4n) is 3.97. The molecule has 1 amide bonds. The number of hydrogen-bond donors (Lipinski definition) is 3. The molecule has 0 aliphatic rings. The topological polar surface area (TPSA) is 124 Å². The zero-order valence-corrected chi connectivity index (χ0v) is 19.8. The first-order valence-corrected chi connectivity index (χ1v) is 11.4. The van der Waals surface area contributed by atoms with E-state index < -0.39 is 6.09 Å². The van der Waals surface area contributed by atoms with Crippen molar-refractivity contribution in [1.82, 2.24) is 24.4 Å². The molecule has 0 radical (unpaired) electrons. The van der Waals surface area contributed by atoms with Crippen LogP contribution in [-0.4, -0.2) is 43.1 Å². The molecular formula is C25H25FN8O2. The lowest BCUT2D eigenvalue weighted by molar-refractivity contribution is 0.156. The number of aromatic nitrogens is 5. The number of rotatable bonds is 7. The molecule has 0 spiro atoms. The highest BCUT2D eigenvalue weighted by molar-refractivity contribution is 5.91. The molecule has 10 nitrogen and oxygen atoms in total. The van der Waals surface area contributed by atoms with Crippen molar-refractivity contribution in [1.29, 1.82) is 0 Å². The van der Waals surface area contributed by atoms with Gasteiger partial charge >= 0.3 is 6.09 Å². The van der Waals surface area contributed by atoms with Crippen LogP contribution in [0.15, 0.2) is 61.2 Å². The van der Waals surface area contributed by atoms with Crippen LogP contribution in [0.2, 0.25) is 0 Å². The summed E-state index contributed by atoms with van der Waals surface area (Å²) in [5.41, 5.74) is 10.2. The van der Waals surface area contributed by atoms with Gasteiger partial charge in [0.2, 0.25) is 0 Å². The molecule has 2 aromatic carbocycles. The van der Waals surface area contributed by atoms with Crippen molar-refractivity contribution in [2.45, 2.75) is 26.4 Å². The predicted molar refractivity (Wildman–Crippen MR) is 135 cm³/mol. The number of carbonyl (C=O) groups is 1. The number of aryl methyl sites for hydroxylation is 1. The Bertz CT molecular complexity index is 1560. The van der Waals surface area contributed by atoms with E-state index >= 15 is 0 Å². The molecule has 4 N–H and O–H groups in total. The van der Waals surface area contributed by atoms with Gasteiger partial charge in [0, 0.05) is 22.7 Å². The molecule has 0 fully saturated rings. The molecule has 0 unspecified atom stereocenters. The highest BCUT2D eigenvalue weighted by Gasteiger charge is 2.16. The number of halogens is 1. The Kier molecular flexibility index (Phi) is 6.21. The lowest BCUT2D eigenvalue weighted by Gasteiger charge is -2.09. The average Bonchev–Trinajstić information content (AvgIpc) is 3.38. The first-order chi connectivity index (χ1) is 17.4. The minimum absolute atomic E-state index is 0.117. The van der Waals surface area contributed by atoms with Gasteiger partial charge in [-0.3, -0.25) is 10.00 Å². The van der Waals surface area contributed by atoms with Crippen LogP contribution in [-0.2, 0) is 11.3 Å². The van der Waals surface area contributed by atoms with Crippen LogP contribution in [0.3, 0.4) is 0 Å². The minimum atomic E-state index is -0.588. The van der Waals surface area contributed by atoms with Crippen molar-refractivity contribution >= 4 is 39.7 Å². The van der Waals surface area contributed by atoms with Gasteiger partial charge in [-0.1, -0.05) is 12.1 Å². The normalized spacial score (nSPS) is 12.1. The van der Waals surface area contributed by atoms with E-state index in [4.69, 9.17) is 10.5 Å². The third-order valence-corrected chi connectivity index (χ3v) is 5.67. The molecule has 0 saturated carbocycles. The molecule has 5 aromatic rings. The summed E-state index contributed by atoms with van der Waals surface area (Å²) in [6.07, 6.45) is 4.31. The zero-order chi connectivity index (χ0) is 25.2. The Morgan fingerprint density at radius 2 is 2.08 bits per heavy atom. The second kappa shape index (κ2) is 9.62. The summed E-state index contributed by atoms with van der Waals surface area (Å²) in [5.74, 6) is 0.304. The van der Waals surface area contributed by atoms with Gasteiger partial charge in [-0.15, -0.1) is 0 Å². The van der Waals surface area contributed by atoms with Crippen LogP contribution in [0, 0.1) is 12.7 Å². The van der Waals surface area contributed by atoms with Gasteiger partial charge in [0.15, 0.2) is 5.82 Å². The van der Waals surface area contributed by atoms with Crippen LogP contribution >= 0.6 is 0 Å². The molecule has 184 valence electrons. The van der Waals surface area contributed by atoms with Crippen LogP contribution in [0.4, 0.5) is 26.4 Å². The molecule has 36 heavy (non-hydrogen) atoms. The molecule has 3 aromatic heterocycles. The van der Waals surface area contributed by atoms with Crippen molar-refractivity contribution in [3.63, 3.8) is 0 Å². The van der Waals surface area contributed by atoms with E-state index in [1.165, 1.54) is 18.5 Å². The summed E-state index contributed by atoms with van der Waals surface area (Å²) in [5, 5.41) is 15.7. The number of hydrogen-bond acceptors (Lipinski definition) is 7. The van der Waals surface area contributed by atoms with Gasteiger partial charge in [0.05, 0.1) is 30.1 Å². The first-order valence-electron chi connectivity index (χ1n) is 11.4. The molecule has 0 bridgehead atoms. The van der Waals surface area contributed by atoms with Gasteiger partial charge in [0.25, 0.3) is 0 Å². The summed E-state index contributed by atoms with van der Waals surface area (Å²) in [7, 11) is 0. The molecule has 1 atom stereocenters.